The quantitative estimate of drug-likeness (QED) is 0.264. The van der Waals surface area contributed by atoms with Crippen LogP contribution in [-0.2, 0) is 49.2 Å². The average molecular weight is 611 g/mol. The first-order chi connectivity index (χ1) is 17.2. The predicted octanol–water partition coefficient (Wildman–Crippen LogP) is 4.66. The van der Waals surface area contributed by atoms with E-state index < -0.39 is 27.9 Å². The monoisotopic (exact) mass is 610 g/mol. The number of rotatable bonds is 10. The fourth-order valence-electron chi connectivity index (χ4n) is 4.19. The third-order valence-electron chi connectivity index (χ3n) is 5.95. The number of anilines is 1. The maximum Gasteiger partial charge on any atom is 0.266 e. The number of nitrogens with zero attached hydrogens (tertiary/aromatic N) is 2. The van der Waals surface area contributed by atoms with Gasteiger partial charge in [-0.3, -0.25) is 16.0 Å². The van der Waals surface area contributed by atoms with Gasteiger partial charge in [0.25, 0.3) is 11.8 Å². The van der Waals surface area contributed by atoms with Crippen molar-refractivity contribution < 1.29 is 55.8 Å². The molecule has 1 atom stereocenters. The largest absolute Gasteiger partial charge is 0.693 e. The van der Waals surface area contributed by atoms with E-state index in [4.69, 9.17) is 0 Å². The minimum Gasteiger partial charge on any atom is -0.693 e. The Balaban J connectivity index is 0.00000253. The number of imide groups is 1. The van der Waals surface area contributed by atoms with Crippen LogP contribution in [0.1, 0.15) is 40.1 Å². The molecule has 0 fully saturated rings. The van der Waals surface area contributed by atoms with Crippen LogP contribution in [0.15, 0.2) is 83.8 Å². The van der Waals surface area contributed by atoms with Crippen LogP contribution >= 0.6 is 0 Å². The van der Waals surface area contributed by atoms with Crippen molar-refractivity contribution in [3.63, 3.8) is 0 Å². The van der Waals surface area contributed by atoms with E-state index in [2.05, 4.69) is 0 Å². The molecule has 0 spiro atoms. The van der Waals surface area contributed by atoms with Gasteiger partial charge in [0.1, 0.15) is 0 Å². The van der Waals surface area contributed by atoms with Crippen LogP contribution in [0, 0.1) is 12.3 Å². The first-order valence-corrected chi connectivity index (χ1v) is 13.3. The van der Waals surface area contributed by atoms with Crippen LogP contribution in [-0.4, -0.2) is 48.8 Å². The van der Waals surface area contributed by atoms with E-state index in [0.29, 0.717) is 23.2 Å². The van der Waals surface area contributed by atoms with Gasteiger partial charge in [0.05, 0.1) is 21.7 Å². The zero-order chi connectivity index (χ0) is 25.9. The van der Waals surface area contributed by atoms with Crippen LogP contribution < -0.4 is 4.90 Å². The normalized spacial score (nSPS) is 13.8. The summed E-state index contributed by atoms with van der Waals surface area (Å²) in [4.78, 5) is 26.6. The molecule has 38 heavy (non-hydrogen) atoms. The molecular weight excluding hydrogens is 579 g/mol. The molecule has 0 saturated carbocycles. The summed E-state index contributed by atoms with van der Waals surface area (Å²) in [6.07, 6.45) is 1.27. The molecule has 0 bridgehead atoms. The number of fused-ring (bicyclic) bond motifs is 1. The molecule has 8 nitrogen and oxygen atoms in total. The van der Waals surface area contributed by atoms with E-state index in [9.17, 15) is 23.1 Å². The van der Waals surface area contributed by atoms with E-state index in [0.717, 1.165) is 10.5 Å². The smallest absolute Gasteiger partial charge is 0.266 e. The van der Waals surface area contributed by atoms with Gasteiger partial charge in [-0.25, -0.2) is 13.3 Å². The zero-order valence-corrected chi connectivity index (χ0v) is 25.1. The van der Waals surface area contributed by atoms with Crippen molar-refractivity contribution in [1.29, 1.82) is 0 Å². The van der Waals surface area contributed by atoms with Gasteiger partial charge in [-0.2, -0.15) is 10.7 Å². The van der Waals surface area contributed by atoms with Crippen molar-refractivity contribution >= 4 is 27.5 Å². The molecule has 1 heterocycles. The molecule has 0 saturated heterocycles. The summed E-state index contributed by atoms with van der Waals surface area (Å²) < 4.78 is 28.2. The van der Waals surface area contributed by atoms with Crippen LogP contribution in [0.2, 0.25) is 0 Å². The van der Waals surface area contributed by atoms with Gasteiger partial charge in [-0.05, 0) is 42.3 Å². The summed E-state index contributed by atoms with van der Waals surface area (Å²) in [6.45, 7) is 3.98. The molecule has 0 aromatic heterocycles. The van der Waals surface area contributed by atoms with Gasteiger partial charge in [-0.1, -0.05) is 68.0 Å². The molecule has 3 N–H and O–H groups in total. The van der Waals surface area contributed by atoms with Crippen molar-refractivity contribution in [2.45, 2.75) is 31.3 Å². The van der Waals surface area contributed by atoms with Crippen molar-refractivity contribution in [3.05, 3.63) is 108 Å². The maximum atomic E-state index is 13.5. The third kappa shape index (κ3) is 7.02. The van der Waals surface area contributed by atoms with E-state index in [1.165, 1.54) is 28.6 Å². The maximum absolute atomic E-state index is 13.5. The number of hydrogen-bond donors (Lipinski definition) is 1. The molecule has 0 aliphatic carbocycles. The second kappa shape index (κ2) is 13.7. The molecular formula is C28H31N3O5SY-2. The van der Waals surface area contributed by atoms with E-state index in [-0.39, 0.29) is 62.8 Å². The van der Waals surface area contributed by atoms with Crippen molar-refractivity contribution in [2.75, 3.05) is 18.0 Å². The molecule has 199 valence electrons. The summed E-state index contributed by atoms with van der Waals surface area (Å²) in [5.41, 5.74) is 1.97. The number of aliphatic hydroxyl groups excluding tert-OH is 1. The SMILES string of the molecule is CC(C)CN(C[C@H](O)[CH-]Cc1ccccc1)S(=O)(=O)c1ccc(N2C(=O)c3ccccc3C2=O)cc1.[NH2-].[Y]. The Morgan fingerprint density at radius 1 is 0.842 bits per heavy atom. The second-order valence-corrected chi connectivity index (χ2v) is 11.1. The van der Waals surface area contributed by atoms with Gasteiger partial charge in [0, 0.05) is 45.8 Å². The van der Waals surface area contributed by atoms with Gasteiger partial charge in [-0.15, -0.1) is 0 Å². The summed E-state index contributed by atoms with van der Waals surface area (Å²) in [5.74, 6) is -0.840. The third-order valence-corrected chi connectivity index (χ3v) is 7.80. The molecule has 1 aliphatic heterocycles. The number of benzene rings is 3. The number of nitrogens with two attached hydrogens (primary N) is 1. The molecule has 10 heteroatoms. The number of amides is 2. The van der Waals surface area contributed by atoms with Crippen LogP contribution in [0.5, 0.6) is 0 Å². The number of aliphatic hydroxyl groups is 1. The van der Waals surface area contributed by atoms with E-state index in [1.807, 2.05) is 44.2 Å². The van der Waals surface area contributed by atoms with Crippen LogP contribution in [0.3, 0.4) is 0 Å². The molecule has 3 aromatic rings. The fourth-order valence-corrected chi connectivity index (χ4v) is 5.81. The standard InChI is InChI=1S/C28H29N2O5S.H2N.Y/c1-20(2)18-29(19-23(31)15-12-21-8-4-3-5-9-21)36(34,35)24-16-13-22(14-17-24)30-27(32)25-10-6-7-11-26(25)28(30)33;;/h3-11,13-17,20,23,31H,12,18-19H2,1-2H3;1H2;/q2*-1;/t23-;;/m1../s1. The Kier molecular flexibility index (Phi) is 11.5. The Bertz CT molecular complexity index is 1310. The van der Waals surface area contributed by atoms with Gasteiger partial charge in [0.2, 0.25) is 10.0 Å². The Hall–Kier alpha value is -2.27. The van der Waals surface area contributed by atoms with Gasteiger partial charge >= 0.3 is 0 Å². The first-order valence-electron chi connectivity index (χ1n) is 11.8. The number of hydrogen-bond acceptors (Lipinski definition) is 5. The van der Waals surface area contributed by atoms with Gasteiger partial charge < -0.3 is 11.3 Å². The first kappa shape index (κ1) is 31.9. The van der Waals surface area contributed by atoms with Crippen LogP contribution in [0.4, 0.5) is 5.69 Å². The Morgan fingerprint density at radius 2 is 1.37 bits per heavy atom. The molecule has 4 rings (SSSR count). The summed E-state index contributed by atoms with van der Waals surface area (Å²) in [7, 11) is -3.93. The topological polar surface area (TPSA) is 128 Å². The predicted molar refractivity (Wildman–Crippen MR) is 143 cm³/mol. The minimum atomic E-state index is -3.93. The number of carbonyl (C=O) groups excluding carboxylic acids is 2. The number of sulfonamides is 1. The summed E-state index contributed by atoms with van der Waals surface area (Å²) in [6, 6.07) is 21.9. The molecule has 1 aliphatic rings. The van der Waals surface area contributed by atoms with E-state index in [1.54, 1.807) is 30.7 Å². The summed E-state index contributed by atoms with van der Waals surface area (Å²) in [5, 5.41) is 10.6. The minimum absolute atomic E-state index is 0. The Morgan fingerprint density at radius 3 is 1.89 bits per heavy atom. The fraction of sp³-hybridized carbons (Fsp3) is 0.250. The molecule has 0 unspecified atom stereocenters. The number of carbonyl (C=O) groups is 2. The van der Waals surface area contributed by atoms with Crippen molar-refractivity contribution in [3.8, 4) is 0 Å². The zero-order valence-electron chi connectivity index (χ0n) is 21.4. The summed E-state index contributed by atoms with van der Waals surface area (Å²) >= 11 is 0. The van der Waals surface area contributed by atoms with E-state index >= 15 is 0 Å². The van der Waals surface area contributed by atoms with Gasteiger partial charge in [0.15, 0.2) is 0 Å². The van der Waals surface area contributed by atoms with Crippen molar-refractivity contribution in [1.82, 2.24) is 4.31 Å². The average Bonchev–Trinajstić information content (AvgIpc) is 3.12. The van der Waals surface area contributed by atoms with Crippen molar-refractivity contribution in [2.24, 2.45) is 5.92 Å². The molecule has 2 amide bonds. The Labute approximate surface area is 249 Å². The molecule has 1 radical (unpaired) electrons. The second-order valence-electron chi connectivity index (χ2n) is 9.19. The molecule has 3 aromatic carbocycles. The van der Waals surface area contributed by atoms with Crippen LogP contribution in [0.25, 0.3) is 6.15 Å².